The van der Waals surface area contributed by atoms with Crippen LogP contribution in [0.3, 0.4) is 0 Å². The maximum Gasteiger partial charge on any atom is 0.180 e. The van der Waals surface area contributed by atoms with Crippen molar-refractivity contribution < 1.29 is 4.74 Å². The molecule has 0 amide bonds. The van der Waals surface area contributed by atoms with Crippen molar-refractivity contribution in [3.05, 3.63) is 23.8 Å². The summed E-state index contributed by atoms with van der Waals surface area (Å²) in [6.45, 7) is 7.53. The lowest BCUT2D eigenvalue weighted by molar-refractivity contribution is 0.122. The fourth-order valence-electron chi connectivity index (χ4n) is 2.55. The molecule has 3 rings (SSSR count). The van der Waals surface area contributed by atoms with Crippen molar-refractivity contribution in [3.8, 4) is 0 Å². The van der Waals surface area contributed by atoms with Gasteiger partial charge in [0.2, 0.25) is 0 Å². The van der Waals surface area contributed by atoms with Gasteiger partial charge in [-0.3, -0.25) is 4.40 Å². The van der Waals surface area contributed by atoms with Crippen molar-refractivity contribution in [2.24, 2.45) is 0 Å². The molecule has 1 fully saturated rings. The van der Waals surface area contributed by atoms with Crippen molar-refractivity contribution in [3.63, 3.8) is 0 Å². The first-order valence-corrected chi connectivity index (χ1v) is 6.46. The summed E-state index contributed by atoms with van der Waals surface area (Å²) in [6, 6.07) is 0. The van der Waals surface area contributed by atoms with E-state index in [0.717, 1.165) is 49.9 Å². The molecule has 0 radical (unpaired) electrons. The van der Waals surface area contributed by atoms with Crippen LogP contribution in [0.25, 0.3) is 5.65 Å². The molecule has 0 spiro atoms. The van der Waals surface area contributed by atoms with E-state index in [1.807, 2.05) is 12.4 Å². The quantitative estimate of drug-likeness (QED) is 0.804. The number of aromatic nitrogens is 3. The Bertz CT molecular complexity index is 557. The molecule has 2 aromatic heterocycles. The Hall–Kier alpha value is -1.62. The third-order valence-electron chi connectivity index (χ3n) is 3.47. The lowest BCUT2D eigenvalue weighted by Gasteiger charge is -2.27. The number of imidazole rings is 1. The van der Waals surface area contributed by atoms with Gasteiger partial charge in [0.1, 0.15) is 0 Å². The maximum absolute atomic E-state index is 5.39. The largest absolute Gasteiger partial charge is 0.378 e. The highest BCUT2D eigenvalue weighted by Gasteiger charge is 2.18. The Morgan fingerprint density at radius 2 is 2.11 bits per heavy atom. The monoisotopic (exact) mass is 246 g/mol. The van der Waals surface area contributed by atoms with E-state index >= 15 is 0 Å². The van der Waals surface area contributed by atoms with Crippen LogP contribution in [0.15, 0.2) is 12.4 Å². The van der Waals surface area contributed by atoms with Crippen LogP contribution in [0.2, 0.25) is 0 Å². The number of anilines is 1. The first kappa shape index (κ1) is 11.5. The molecule has 0 unspecified atom stereocenters. The number of aryl methyl sites for hydroxylation is 2. The number of nitrogens with zero attached hydrogens (tertiary/aromatic N) is 4. The van der Waals surface area contributed by atoms with E-state index in [9.17, 15) is 0 Å². The van der Waals surface area contributed by atoms with Gasteiger partial charge in [-0.25, -0.2) is 9.97 Å². The summed E-state index contributed by atoms with van der Waals surface area (Å²) in [4.78, 5) is 11.4. The molecule has 2 aromatic rings. The number of fused-ring (bicyclic) bond motifs is 1. The van der Waals surface area contributed by atoms with E-state index in [4.69, 9.17) is 4.74 Å². The van der Waals surface area contributed by atoms with Crippen molar-refractivity contribution in [2.45, 2.75) is 20.3 Å². The third-order valence-corrected chi connectivity index (χ3v) is 3.47. The fraction of sp³-hybridized carbons (Fsp3) is 0.538. The van der Waals surface area contributed by atoms with Gasteiger partial charge in [-0.2, -0.15) is 0 Å². The highest BCUT2D eigenvalue weighted by molar-refractivity contribution is 5.65. The Labute approximate surface area is 106 Å². The van der Waals surface area contributed by atoms with E-state index in [1.54, 1.807) is 0 Å². The van der Waals surface area contributed by atoms with Crippen LogP contribution in [0, 0.1) is 6.92 Å². The zero-order valence-corrected chi connectivity index (χ0v) is 10.9. The average molecular weight is 246 g/mol. The van der Waals surface area contributed by atoms with E-state index < -0.39 is 0 Å². The summed E-state index contributed by atoms with van der Waals surface area (Å²) in [7, 11) is 0. The van der Waals surface area contributed by atoms with Gasteiger partial charge in [-0.1, -0.05) is 6.92 Å². The minimum absolute atomic E-state index is 0.767. The second-order valence-electron chi connectivity index (χ2n) is 4.54. The van der Waals surface area contributed by atoms with E-state index in [1.165, 1.54) is 5.69 Å². The molecule has 1 aliphatic rings. The topological polar surface area (TPSA) is 42.7 Å². The van der Waals surface area contributed by atoms with Gasteiger partial charge in [0.25, 0.3) is 0 Å². The Kier molecular flexibility index (Phi) is 2.91. The number of rotatable bonds is 2. The van der Waals surface area contributed by atoms with Gasteiger partial charge < -0.3 is 9.64 Å². The third kappa shape index (κ3) is 1.75. The number of hydrogen-bond acceptors (Lipinski definition) is 4. The van der Waals surface area contributed by atoms with Gasteiger partial charge >= 0.3 is 0 Å². The minimum atomic E-state index is 0.767. The number of morpholine rings is 1. The Balaban J connectivity index is 2.11. The van der Waals surface area contributed by atoms with Crippen LogP contribution in [0.4, 0.5) is 5.82 Å². The lowest BCUT2D eigenvalue weighted by atomic mass is 10.3. The molecule has 3 heterocycles. The van der Waals surface area contributed by atoms with Crippen LogP contribution in [-0.2, 0) is 11.2 Å². The maximum atomic E-state index is 5.39. The van der Waals surface area contributed by atoms with Gasteiger partial charge in [-0.05, 0) is 13.3 Å². The van der Waals surface area contributed by atoms with Gasteiger partial charge in [0.15, 0.2) is 11.5 Å². The van der Waals surface area contributed by atoms with Crippen LogP contribution in [-0.4, -0.2) is 40.7 Å². The van der Waals surface area contributed by atoms with Gasteiger partial charge in [0, 0.05) is 31.2 Å². The first-order valence-electron chi connectivity index (χ1n) is 6.46. The van der Waals surface area contributed by atoms with Crippen LogP contribution >= 0.6 is 0 Å². The predicted octanol–water partition coefficient (Wildman–Crippen LogP) is 1.44. The summed E-state index contributed by atoms with van der Waals surface area (Å²) in [6.07, 6.45) is 4.84. The van der Waals surface area contributed by atoms with Gasteiger partial charge in [0.05, 0.1) is 18.9 Å². The van der Waals surface area contributed by atoms with E-state index in [0.29, 0.717) is 0 Å². The highest BCUT2D eigenvalue weighted by Crippen LogP contribution is 2.22. The van der Waals surface area contributed by atoms with Gasteiger partial charge in [-0.15, -0.1) is 0 Å². The summed E-state index contributed by atoms with van der Waals surface area (Å²) >= 11 is 0. The molecule has 0 saturated carbocycles. The molecule has 1 aliphatic heterocycles. The van der Waals surface area contributed by atoms with Crippen molar-refractivity contribution in [1.29, 1.82) is 0 Å². The molecular formula is C13H18N4O. The number of ether oxygens (including phenoxy) is 1. The molecule has 0 atom stereocenters. The molecule has 0 aliphatic carbocycles. The molecule has 0 bridgehead atoms. The number of hydrogen-bond donors (Lipinski definition) is 0. The van der Waals surface area contributed by atoms with E-state index in [-0.39, 0.29) is 0 Å². The molecule has 0 aromatic carbocycles. The van der Waals surface area contributed by atoms with E-state index in [2.05, 4.69) is 33.1 Å². The molecule has 1 saturated heterocycles. The predicted molar refractivity (Wildman–Crippen MR) is 70.1 cm³/mol. The Morgan fingerprint density at radius 3 is 2.83 bits per heavy atom. The standard InChI is InChI=1S/C13H18N4O/c1-3-11-10(2)15-13-12(14-4-5-17(11)13)16-6-8-18-9-7-16/h4-5H,3,6-9H2,1-2H3. The first-order chi connectivity index (χ1) is 8.81. The molecule has 0 N–H and O–H groups in total. The summed E-state index contributed by atoms with van der Waals surface area (Å²) in [5.74, 6) is 0.976. The average Bonchev–Trinajstić information content (AvgIpc) is 2.74. The molecular weight excluding hydrogens is 228 g/mol. The summed E-state index contributed by atoms with van der Waals surface area (Å²) < 4.78 is 7.55. The SMILES string of the molecule is CCc1c(C)nc2c(N3CCOCC3)nccn12. The summed E-state index contributed by atoms with van der Waals surface area (Å²) in [5.41, 5.74) is 3.33. The van der Waals surface area contributed by atoms with Crippen molar-refractivity contribution in [1.82, 2.24) is 14.4 Å². The zero-order chi connectivity index (χ0) is 12.5. The summed E-state index contributed by atoms with van der Waals surface area (Å²) in [5, 5.41) is 0. The lowest BCUT2D eigenvalue weighted by Crippen LogP contribution is -2.37. The molecule has 5 nitrogen and oxygen atoms in total. The van der Waals surface area contributed by atoms with Crippen LogP contribution in [0.1, 0.15) is 18.3 Å². The Morgan fingerprint density at radius 1 is 1.33 bits per heavy atom. The molecule has 96 valence electrons. The molecule has 18 heavy (non-hydrogen) atoms. The van der Waals surface area contributed by atoms with Crippen molar-refractivity contribution in [2.75, 3.05) is 31.2 Å². The van der Waals surface area contributed by atoms with Crippen LogP contribution < -0.4 is 4.90 Å². The van der Waals surface area contributed by atoms with Crippen LogP contribution in [0.5, 0.6) is 0 Å². The van der Waals surface area contributed by atoms with Crippen molar-refractivity contribution >= 4 is 11.5 Å². The second kappa shape index (κ2) is 4.57. The fourth-order valence-corrected chi connectivity index (χ4v) is 2.55. The smallest absolute Gasteiger partial charge is 0.180 e. The second-order valence-corrected chi connectivity index (χ2v) is 4.54. The zero-order valence-electron chi connectivity index (χ0n) is 10.9. The normalized spacial score (nSPS) is 16.4. The highest BCUT2D eigenvalue weighted by atomic mass is 16.5. The minimum Gasteiger partial charge on any atom is -0.378 e. The molecule has 5 heteroatoms.